The molecule has 1 aromatic carbocycles. The Kier molecular flexibility index (Phi) is 3.10. The number of nitrogen functional groups attached to an aromatic ring is 2. The standard InChI is InChI=1S/C12H14FN3O2/c13-10-7(4-5-8(14)11(10)15)9-3-1-2-6-16(9)12(17)18/h3-5H,1-2,6,14-15H2,(H,17,18). The number of nitrogens with zero attached hydrogens (tertiary/aromatic N) is 1. The molecule has 0 atom stereocenters. The van der Waals surface area contributed by atoms with Gasteiger partial charge in [-0.05, 0) is 25.0 Å². The second-order valence-electron chi connectivity index (χ2n) is 4.10. The van der Waals surface area contributed by atoms with Crippen LogP contribution in [0.2, 0.25) is 0 Å². The first kappa shape index (κ1) is 12.2. The minimum atomic E-state index is -1.10. The Hall–Kier alpha value is -2.24. The van der Waals surface area contributed by atoms with Crippen LogP contribution < -0.4 is 11.5 Å². The van der Waals surface area contributed by atoms with Gasteiger partial charge in [-0.3, -0.25) is 4.90 Å². The van der Waals surface area contributed by atoms with E-state index in [0.29, 0.717) is 18.7 Å². The Bertz CT molecular complexity index is 528. The van der Waals surface area contributed by atoms with Crippen LogP contribution in [0.5, 0.6) is 0 Å². The van der Waals surface area contributed by atoms with Gasteiger partial charge in [0.05, 0.1) is 17.1 Å². The number of carboxylic acid groups (broad SMARTS) is 1. The summed E-state index contributed by atoms with van der Waals surface area (Å²) in [6.07, 6.45) is 2.03. The second-order valence-corrected chi connectivity index (χ2v) is 4.10. The monoisotopic (exact) mass is 251 g/mol. The van der Waals surface area contributed by atoms with Crippen LogP contribution in [0.4, 0.5) is 20.6 Å². The van der Waals surface area contributed by atoms with Crippen LogP contribution in [0.1, 0.15) is 18.4 Å². The summed E-state index contributed by atoms with van der Waals surface area (Å²) in [6, 6.07) is 2.93. The lowest BCUT2D eigenvalue weighted by Gasteiger charge is -2.26. The van der Waals surface area contributed by atoms with Crippen molar-refractivity contribution in [1.29, 1.82) is 0 Å². The first-order chi connectivity index (χ1) is 8.52. The maximum Gasteiger partial charge on any atom is 0.411 e. The van der Waals surface area contributed by atoms with E-state index in [1.54, 1.807) is 6.08 Å². The number of hydrogen-bond donors (Lipinski definition) is 3. The highest BCUT2D eigenvalue weighted by Crippen LogP contribution is 2.31. The van der Waals surface area contributed by atoms with E-state index in [2.05, 4.69) is 0 Å². The first-order valence-corrected chi connectivity index (χ1v) is 5.57. The van der Waals surface area contributed by atoms with Crippen molar-refractivity contribution < 1.29 is 14.3 Å². The summed E-state index contributed by atoms with van der Waals surface area (Å²) in [5, 5.41) is 9.09. The number of nitrogens with two attached hydrogens (primary N) is 2. The smallest absolute Gasteiger partial charge is 0.411 e. The zero-order chi connectivity index (χ0) is 13.3. The Morgan fingerprint density at radius 2 is 2.11 bits per heavy atom. The molecule has 1 aliphatic rings. The molecule has 1 aromatic rings. The molecule has 5 N–H and O–H groups in total. The van der Waals surface area contributed by atoms with Gasteiger partial charge in [-0.15, -0.1) is 0 Å². The Morgan fingerprint density at radius 1 is 1.39 bits per heavy atom. The van der Waals surface area contributed by atoms with Crippen molar-refractivity contribution in [2.75, 3.05) is 18.0 Å². The van der Waals surface area contributed by atoms with E-state index in [4.69, 9.17) is 16.6 Å². The van der Waals surface area contributed by atoms with Gasteiger partial charge in [0.25, 0.3) is 0 Å². The summed E-state index contributed by atoms with van der Waals surface area (Å²) in [5.74, 6) is -0.672. The van der Waals surface area contributed by atoms with Crippen molar-refractivity contribution in [2.45, 2.75) is 12.8 Å². The molecule has 0 aliphatic carbocycles. The summed E-state index contributed by atoms with van der Waals surface area (Å²) in [5.41, 5.74) is 11.5. The third kappa shape index (κ3) is 1.97. The molecule has 0 spiro atoms. The molecule has 96 valence electrons. The van der Waals surface area contributed by atoms with Crippen LogP contribution in [0.15, 0.2) is 18.2 Å². The average Bonchev–Trinajstić information content (AvgIpc) is 2.36. The Morgan fingerprint density at radius 3 is 2.78 bits per heavy atom. The van der Waals surface area contributed by atoms with Crippen molar-refractivity contribution in [3.05, 3.63) is 29.6 Å². The highest BCUT2D eigenvalue weighted by molar-refractivity contribution is 5.83. The number of rotatable bonds is 1. The van der Waals surface area contributed by atoms with Gasteiger partial charge in [0, 0.05) is 12.1 Å². The fourth-order valence-corrected chi connectivity index (χ4v) is 1.98. The number of hydrogen-bond acceptors (Lipinski definition) is 3. The van der Waals surface area contributed by atoms with Crippen molar-refractivity contribution in [3.8, 4) is 0 Å². The van der Waals surface area contributed by atoms with Gasteiger partial charge in [0.15, 0.2) is 5.82 Å². The molecule has 0 unspecified atom stereocenters. The predicted molar refractivity (Wildman–Crippen MR) is 67.2 cm³/mol. The van der Waals surface area contributed by atoms with E-state index in [-0.39, 0.29) is 16.9 Å². The van der Waals surface area contributed by atoms with Gasteiger partial charge >= 0.3 is 6.09 Å². The number of halogens is 1. The molecule has 0 radical (unpaired) electrons. The molecule has 2 rings (SSSR count). The topological polar surface area (TPSA) is 92.6 Å². The fraction of sp³-hybridized carbons (Fsp3) is 0.250. The number of allylic oxidation sites excluding steroid dienone is 1. The number of carbonyl (C=O) groups is 1. The van der Waals surface area contributed by atoms with E-state index < -0.39 is 11.9 Å². The van der Waals surface area contributed by atoms with Crippen LogP contribution in [0.25, 0.3) is 5.70 Å². The van der Waals surface area contributed by atoms with E-state index in [1.807, 2.05) is 0 Å². The summed E-state index contributed by atoms with van der Waals surface area (Å²) >= 11 is 0. The van der Waals surface area contributed by atoms with E-state index >= 15 is 0 Å². The van der Waals surface area contributed by atoms with Crippen LogP contribution in [-0.2, 0) is 0 Å². The average molecular weight is 251 g/mol. The third-order valence-corrected chi connectivity index (χ3v) is 2.93. The van der Waals surface area contributed by atoms with Crippen molar-refractivity contribution in [1.82, 2.24) is 4.90 Å². The normalized spacial score (nSPS) is 15.4. The Balaban J connectivity index is 2.50. The summed E-state index contributed by atoms with van der Waals surface area (Å²) in [4.78, 5) is 12.2. The highest BCUT2D eigenvalue weighted by atomic mass is 19.1. The molecule has 0 saturated carbocycles. The van der Waals surface area contributed by atoms with Crippen molar-refractivity contribution in [3.63, 3.8) is 0 Å². The van der Waals surface area contributed by atoms with Crippen molar-refractivity contribution in [2.24, 2.45) is 0 Å². The lowest BCUT2D eigenvalue weighted by atomic mass is 10.0. The molecule has 1 heterocycles. The number of benzene rings is 1. The molecule has 1 aliphatic heterocycles. The summed E-state index contributed by atoms with van der Waals surface area (Å²) < 4.78 is 14.0. The molecule has 0 aromatic heterocycles. The molecule has 6 heteroatoms. The predicted octanol–water partition coefficient (Wildman–Crippen LogP) is 2.10. The van der Waals surface area contributed by atoms with Gasteiger partial charge < -0.3 is 16.6 Å². The van der Waals surface area contributed by atoms with E-state index in [0.717, 1.165) is 11.3 Å². The molecule has 5 nitrogen and oxygen atoms in total. The zero-order valence-corrected chi connectivity index (χ0v) is 9.69. The van der Waals surface area contributed by atoms with Gasteiger partial charge in [0.1, 0.15) is 0 Å². The van der Waals surface area contributed by atoms with Gasteiger partial charge in [0.2, 0.25) is 0 Å². The quantitative estimate of drug-likeness (QED) is 0.666. The third-order valence-electron chi connectivity index (χ3n) is 2.93. The van der Waals surface area contributed by atoms with E-state index in [9.17, 15) is 9.18 Å². The molecule has 0 bridgehead atoms. The first-order valence-electron chi connectivity index (χ1n) is 5.57. The fourth-order valence-electron chi connectivity index (χ4n) is 1.98. The second kappa shape index (κ2) is 4.56. The van der Waals surface area contributed by atoms with Gasteiger partial charge in [-0.1, -0.05) is 6.08 Å². The van der Waals surface area contributed by atoms with Gasteiger partial charge in [-0.25, -0.2) is 9.18 Å². The lowest BCUT2D eigenvalue weighted by molar-refractivity contribution is 0.164. The molecule has 0 saturated heterocycles. The van der Waals surface area contributed by atoms with E-state index in [1.165, 1.54) is 12.1 Å². The minimum Gasteiger partial charge on any atom is -0.465 e. The largest absolute Gasteiger partial charge is 0.465 e. The molecular weight excluding hydrogens is 237 g/mol. The molecule has 18 heavy (non-hydrogen) atoms. The van der Waals surface area contributed by atoms with Crippen LogP contribution in [0, 0.1) is 5.82 Å². The van der Waals surface area contributed by atoms with Crippen LogP contribution in [0.3, 0.4) is 0 Å². The van der Waals surface area contributed by atoms with Crippen LogP contribution in [-0.4, -0.2) is 22.6 Å². The van der Waals surface area contributed by atoms with Crippen molar-refractivity contribution >= 4 is 23.2 Å². The zero-order valence-electron chi connectivity index (χ0n) is 9.69. The maximum absolute atomic E-state index is 14.0. The number of anilines is 2. The van der Waals surface area contributed by atoms with Crippen LogP contribution >= 0.6 is 0 Å². The lowest BCUT2D eigenvalue weighted by Crippen LogP contribution is -2.31. The minimum absolute atomic E-state index is 0.148. The maximum atomic E-state index is 14.0. The molecule has 0 fully saturated rings. The highest BCUT2D eigenvalue weighted by Gasteiger charge is 2.24. The molecule has 1 amide bonds. The van der Waals surface area contributed by atoms with Gasteiger partial charge in [-0.2, -0.15) is 0 Å². The molecular formula is C12H14FN3O2. The Labute approximate surface area is 103 Å². The number of amides is 1. The summed E-state index contributed by atoms with van der Waals surface area (Å²) in [7, 11) is 0. The SMILES string of the molecule is Nc1ccc(C2=CCCCN2C(=O)O)c(F)c1N. The summed E-state index contributed by atoms with van der Waals surface area (Å²) in [6.45, 7) is 0.352.